The monoisotopic (exact) mass is 303 g/mol. The molecule has 0 fully saturated rings. The van der Waals surface area contributed by atoms with Gasteiger partial charge in [-0.25, -0.2) is 4.99 Å². The molecule has 122 valence electrons. The zero-order chi connectivity index (χ0) is 15.8. The maximum Gasteiger partial charge on any atom is 0.216 e. The molecule has 3 heteroatoms. The highest BCUT2D eigenvalue weighted by molar-refractivity contribution is 5.95. The summed E-state index contributed by atoms with van der Waals surface area (Å²) in [5, 5.41) is 0. The summed E-state index contributed by atoms with van der Waals surface area (Å²) in [4.78, 5) is 4.65. The van der Waals surface area contributed by atoms with Crippen LogP contribution in [0.15, 0.2) is 29.3 Å². The average molecular weight is 303 g/mol. The van der Waals surface area contributed by atoms with Crippen molar-refractivity contribution >= 4 is 5.90 Å². The van der Waals surface area contributed by atoms with E-state index in [0.29, 0.717) is 12.5 Å². The molecular weight excluding hydrogens is 274 g/mol. The topological polar surface area (TPSA) is 30.8 Å². The van der Waals surface area contributed by atoms with Crippen molar-refractivity contribution in [3.63, 3.8) is 0 Å². The molecule has 0 bridgehead atoms. The van der Waals surface area contributed by atoms with Crippen LogP contribution in [0.1, 0.15) is 58.4 Å². The van der Waals surface area contributed by atoms with E-state index in [0.717, 1.165) is 30.2 Å². The summed E-state index contributed by atoms with van der Waals surface area (Å²) in [5.41, 5.74) is 1.04. The molecule has 0 aliphatic carbocycles. The van der Waals surface area contributed by atoms with Gasteiger partial charge in [0.15, 0.2) is 0 Å². The zero-order valence-corrected chi connectivity index (χ0v) is 14.2. The first-order chi connectivity index (χ1) is 10.7. The fraction of sp³-hybridized carbons (Fsp3) is 0.632. The first-order valence-electron chi connectivity index (χ1n) is 8.64. The van der Waals surface area contributed by atoms with Gasteiger partial charge in [-0.3, -0.25) is 0 Å². The Kier molecular flexibility index (Phi) is 6.75. The van der Waals surface area contributed by atoms with Gasteiger partial charge in [0.1, 0.15) is 12.4 Å². The van der Waals surface area contributed by atoms with Gasteiger partial charge >= 0.3 is 0 Å². The minimum absolute atomic E-state index is 0.286. The first kappa shape index (κ1) is 16.9. The van der Waals surface area contributed by atoms with Gasteiger partial charge in [-0.1, -0.05) is 46.5 Å². The van der Waals surface area contributed by atoms with Crippen LogP contribution >= 0.6 is 0 Å². The molecule has 0 radical (unpaired) electrons. The fourth-order valence-electron chi connectivity index (χ4n) is 2.48. The van der Waals surface area contributed by atoms with E-state index >= 15 is 0 Å². The van der Waals surface area contributed by atoms with E-state index in [1.807, 2.05) is 24.3 Å². The van der Waals surface area contributed by atoms with Crippen LogP contribution in [-0.2, 0) is 4.74 Å². The summed E-state index contributed by atoms with van der Waals surface area (Å²) in [5.74, 6) is 2.22. The van der Waals surface area contributed by atoms with E-state index in [9.17, 15) is 0 Å². The van der Waals surface area contributed by atoms with Crippen LogP contribution in [-0.4, -0.2) is 25.2 Å². The standard InChI is InChI=1S/C19H29NO2/c1-4-5-6-7-8-13-21-17-11-9-16(10-12-17)19-20-18(14-22-19)15(2)3/h9-12,15,18H,4-8,13-14H2,1-3H3/t18-/m1/s1. The van der Waals surface area contributed by atoms with Crippen LogP contribution in [0.2, 0.25) is 0 Å². The van der Waals surface area contributed by atoms with Gasteiger partial charge in [0.25, 0.3) is 0 Å². The number of rotatable bonds is 9. The van der Waals surface area contributed by atoms with Crippen molar-refractivity contribution in [3.05, 3.63) is 29.8 Å². The van der Waals surface area contributed by atoms with E-state index in [1.54, 1.807) is 0 Å². The third-order valence-electron chi connectivity index (χ3n) is 4.06. The van der Waals surface area contributed by atoms with Crippen LogP contribution < -0.4 is 4.74 Å². The maximum atomic E-state index is 5.78. The Balaban J connectivity index is 1.77. The minimum atomic E-state index is 0.286. The van der Waals surface area contributed by atoms with Gasteiger partial charge in [-0.05, 0) is 36.6 Å². The van der Waals surface area contributed by atoms with Gasteiger partial charge in [0, 0.05) is 5.56 Å². The van der Waals surface area contributed by atoms with Crippen molar-refractivity contribution in [1.82, 2.24) is 0 Å². The molecule has 1 heterocycles. The molecule has 0 spiro atoms. The lowest BCUT2D eigenvalue weighted by Gasteiger charge is -2.07. The second kappa shape index (κ2) is 8.82. The minimum Gasteiger partial charge on any atom is -0.494 e. The third-order valence-corrected chi connectivity index (χ3v) is 4.06. The van der Waals surface area contributed by atoms with Gasteiger partial charge in [-0.15, -0.1) is 0 Å². The Morgan fingerprint density at radius 3 is 2.50 bits per heavy atom. The molecule has 0 saturated heterocycles. The van der Waals surface area contributed by atoms with Crippen LogP contribution in [0.5, 0.6) is 5.75 Å². The number of hydrogen-bond acceptors (Lipinski definition) is 3. The summed E-state index contributed by atoms with van der Waals surface area (Å²) in [6.45, 7) is 8.09. The van der Waals surface area contributed by atoms with Crippen LogP contribution in [0.25, 0.3) is 0 Å². The van der Waals surface area contributed by atoms with Crippen LogP contribution in [0.4, 0.5) is 0 Å². The highest BCUT2D eigenvalue weighted by Crippen LogP contribution is 2.20. The lowest BCUT2D eigenvalue weighted by atomic mass is 10.1. The van der Waals surface area contributed by atoms with Crippen molar-refractivity contribution in [2.75, 3.05) is 13.2 Å². The lowest BCUT2D eigenvalue weighted by Crippen LogP contribution is -2.13. The normalized spacial score (nSPS) is 17.5. The van der Waals surface area contributed by atoms with E-state index in [-0.39, 0.29) is 6.04 Å². The number of benzene rings is 1. The molecule has 1 aliphatic rings. The predicted octanol–water partition coefficient (Wildman–Crippen LogP) is 4.84. The Bertz CT molecular complexity index is 465. The quantitative estimate of drug-likeness (QED) is 0.611. The molecule has 1 aromatic rings. The van der Waals surface area contributed by atoms with E-state index < -0.39 is 0 Å². The molecular formula is C19H29NO2. The molecule has 22 heavy (non-hydrogen) atoms. The summed E-state index contributed by atoms with van der Waals surface area (Å²) < 4.78 is 11.5. The Labute approximate surface area is 134 Å². The third kappa shape index (κ3) is 5.04. The van der Waals surface area contributed by atoms with Gasteiger partial charge in [0.05, 0.1) is 12.6 Å². The largest absolute Gasteiger partial charge is 0.494 e. The number of hydrogen-bond donors (Lipinski definition) is 0. The molecule has 2 rings (SSSR count). The molecule has 1 aromatic carbocycles. The highest BCUT2D eigenvalue weighted by Gasteiger charge is 2.22. The van der Waals surface area contributed by atoms with Crippen LogP contribution in [0.3, 0.4) is 0 Å². The number of unbranched alkanes of at least 4 members (excludes halogenated alkanes) is 4. The van der Waals surface area contributed by atoms with Gasteiger partial charge in [-0.2, -0.15) is 0 Å². The number of aliphatic imine (C=N–C) groups is 1. The number of nitrogens with zero attached hydrogens (tertiary/aromatic N) is 1. The number of ether oxygens (including phenoxy) is 2. The second-order valence-corrected chi connectivity index (χ2v) is 6.34. The summed E-state index contributed by atoms with van der Waals surface area (Å²) in [6, 6.07) is 8.38. The van der Waals surface area contributed by atoms with Crippen molar-refractivity contribution in [1.29, 1.82) is 0 Å². The van der Waals surface area contributed by atoms with E-state index in [1.165, 1.54) is 25.7 Å². The van der Waals surface area contributed by atoms with Crippen molar-refractivity contribution in [2.45, 2.75) is 58.9 Å². The summed E-state index contributed by atoms with van der Waals surface area (Å²) in [7, 11) is 0. The van der Waals surface area contributed by atoms with E-state index in [2.05, 4.69) is 25.8 Å². The summed E-state index contributed by atoms with van der Waals surface area (Å²) >= 11 is 0. The zero-order valence-electron chi connectivity index (χ0n) is 14.2. The first-order valence-corrected chi connectivity index (χ1v) is 8.64. The molecule has 0 saturated carbocycles. The van der Waals surface area contributed by atoms with Gasteiger partial charge < -0.3 is 9.47 Å². The molecule has 3 nitrogen and oxygen atoms in total. The average Bonchev–Trinajstić information content (AvgIpc) is 3.01. The van der Waals surface area contributed by atoms with Crippen LogP contribution in [0, 0.1) is 5.92 Å². The van der Waals surface area contributed by atoms with Gasteiger partial charge in [0.2, 0.25) is 5.90 Å². The van der Waals surface area contributed by atoms with Crippen molar-refractivity contribution < 1.29 is 9.47 Å². The Hall–Kier alpha value is -1.51. The SMILES string of the molecule is CCCCCCCOc1ccc(C2=N[C@@H](C(C)C)CO2)cc1. The Morgan fingerprint density at radius 2 is 1.86 bits per heavy atom. The molecule has 0 unspecified atom stereocenters. The maximum absolute atomic E-state index is 5.78. The summed E-state index contributed by atoms with van der Waals surface area (Å²) in [6.07, 6.45) is 6.31. The van der Waals surface area contributed by atoms with Crippen molar-refractivity contribution in [3.8, 4) is 5.75 Å². The van der Waals surface area contributed by atoms with E-state index in [4.69, 9.17) is 9.47 Å². The molecule has 0 aromatic heterocycles. The highest BCUT2D eigenvalue weighted by atomic mass is 16.5. The van der Waals surface area contributed by atoms with Crippen molar-refractivity contribution in [2.24, 2.45) is 10.9 Å². The molecule has 1 atom stereocenters. The lowest BCUT2D eigenvalue weighted by molar-refractivity contribution is 0.291. The molecule has 0 amide bonds. The molecule has 0 N–H and O–H groups in total. The molecule has 1 aliphatic heterocycles. The predicted molar refractivity (Wildman–Crippen MR) is 91.8 cm³/mol. The fourth-order valence-corrected chi connectivity index (χ4v) is 2.48. The Morgan fingerprint density at radius 1 is 1.14 bits per heavy atom. The second-order valence-electron chi connectivity index (χ2n) is 6.34. The smallest absolute Gasteiger partial charge is 0.216 e.